The Bertz CT molecular complexity index is 962. The molecular weight excluding hydrogens is 355 g/mol. The van der Waals surface area contributed by atoms with Crippen LogP contribution in [0, 0.1) is 24.1 Å². The first-order chi connectivity index (χ1) is 13.0. The second-order valence-electron chi connectivity index (χ2n) is 5.70. The predicted octanol–water partition coefficient (Wildman–Crippen LogP) is 0.552. The molecule has 2 aromatic rings. The van der Waals surface area contributed by atoms with Crippen molar-refractivity contribution in [2.24, 2.45) is 5.10 Å². The van der Waals surface area contributed by atoms with Gasteiger partial charge in [0.05, 0.1) is 31.5 Å². The van der Waals surface area contributed by atoms with Gasteiger partial charge >= 0.3 is 0 Å². The third-order valence-corrected chi connectivity index (χ3v) is 4.08. The van der Waals surface area contributed by atoms with E-state index in [0.29, 0.717) is 17.1 Å². The fourth-order valence-corrected chi connectivity index (χ4v) is 2.75. The van der Waals surface area contributed by atoms with Crippen LogP contribution in [0.3, 0.4) is 0 Å². The molecule has 0 atom stereocenters. The summed E-state index contributed by atoms with van der Waals surface area (Å²) in [7, 11) is 1.33. The molecule has 1 aliphatic heterocycles. The van der Waals surface area contributed by atoms with Gasteiger partial charge < -0.3 is 14.8 Å². The first kappa shape index (κ1) is 18.4. The fourth-order valence-electron chi connectivity index (χ4n) is 2.75. The number of hydrazone groups is 1. The number of halogens is 1. The number of nitrogens with zero attached hydrogens (tertiary/aromatic N) is 3. The maximum atomic E-state index is 14.0. The second-order valence-corrected chi connectivity index (χ2v) is 5.70. The molecule has 0 spiro atoms. The number of amidine groups is 1. The van der Waals surface area contributed by atoms with Gasteiger partial charge in [-0.15, -0.1) is 10.6 Å². The molecular formula is C17H17FN6O3. The lowest BCUT2D eigenvalue weighted by atomic mass is 9.99. The van der Waals surface area contributed by atoms with Crippen LogP contribution in [0.2, 0.25) is 0 Å². The minimum Gasteiger partial charge on any atom is -0.494 e. The van der Waals surface area contributed by atoms with Crippen LogP contribution in [0.5, 0.6) is 5.75 Å². The molecule has 0 saturated heterocycles. The van der Waals surface area contributed by atoms with Crippen molar-refractivity contribution >= 4 is 11.6 Å². The van der Waals surface area contributed by atoms with Gasteiger partial charge in [-0.2, -0.15) is 5.26 Å². The van der Waals surface area contributed by atoms with Crippen molar-refractivity contribution in [1.29, 1.82) is 5.26 Å². The first-order valence-corrected chi connectivity index (χ1v) is 8.00. The number of ketones is 1. The molecule has 4 N–H and O–H groups in total. The van der Waals surface area contributed by atoms with Crippen molar-refractivity contribution in [2.75, 3.05) is 20.3 Å². The molecule has 3 rings (SSSR count). The Labute approximate surface area is 154 Å². The number of aliphatic hydroxyl groups excluding tert-OH is 1. The summed E-state index contributed by atoms with van der Waals surface area (Å²) in [5, 5.41) is 24.0. The second kappa shape index (κ2) is 7.45. The number of β-amino-alcohol motifs (C(OH)–C–C–N with tert-alkyl or cyclic N) is 1. The zero-order valence-corrected chi connectivity index (χ0v) is 14.6. The first-order valence-electron chi connectivity index (χ1n) is 8.00. The highest BCUT2D eigenvalue weighted by atomic mass is 19.1. The van der Waals surface area contributed by atoms with Gasteiger partial charge in [0.25, 0.3) is 0 Å². The average molecular weight is 372 g/mol. The highest BCUT2D eigenvalue weighted by molar-refractivity contribution is 6.13. The van der Waals surface area contributed by atoms with E-state index < -0.39 is 11.6 Å². The Balaban J connectivity index is 2.00. The van der Waals surface area contributed by atoms with E-state index >= 15 is 0 Å². The molecule has 0 saturated carbocycles. The molecule has 0 radical (unpaired) electrons. The molecule has 0 aliphatic carbocycles. The summed E-state index contributed by atoms with van der Waals surface area (Å²) in [6.07, 6.45) is 0. The molecule has 1 aliphatic rings. The Morgan fingerprint density at radius 2 is 2.26 bits per heavy atom. The Morgan fingerprint density at radius 3 is 2.89 bits per heavy atom. The number of methoxy groups -OCH3 is 1. The normalized spacial score (nSPS) is 13.1. The van der Waals surface area contributed by atoms with Crippen molar-refractivity contribution in [3.63, 3.8) is 0 Å². The maximum absolute atomic E-state index is 14.0. The molecule has 0 bridgehead atoms. The number of nitrogens with one attached hydrogen (secondary N) is 3. The standard InChI is InChI=1S/C17H17FN6O3/c1-9-14(16(26)10-3-4-13(27-2)11(18)7-10)12(8-19)20-15(9)17-21-23-24(22-17)5-6-25/h3-4,7,20,23,25H,5-6H2,1-2H3,(H,21,22). The number of carbonyl (C=O) groups excluding carboxylic acids is 1. The zero-order valence-electron chi connectivity index (χ0n) is 14.6. The van der Waals surface area contributed by atoms with Crippen LogP contribution < -0.4 is 15.7 Å². The largest absolute Gasteiger partial charge is 0.494 e. The van der Waals surface area contributed by atoms with Crippen molar-refractivity contribution in [1.82, 2.24) is 21.1 Å². The third-order valence-electron chi connectivity index (χ3n) is 4.08. The summed E-state index contributed by atoms with van der Waals surface area (Å²) < 4.78 is 18.8. The molecule has 140 valence electrons. The minimum atomic E-state index is -0.666. The number of rotatable bonds is 6. The quantitative estimate of drug-likeness (QED) is 0.546. The zero-order chi connectivity index (χ0) is 19.6. The van der Waals surface area contributed by atoms with E-state index in [1.165, 1.54) is 24.4 Å². The van der Waals surface area contributed by atoms with Crippen molar-refractivity contribution in [2.45, 2.75) is 6.92 Å². The molecule has 0 fully saturated rings. The lowest BCUT2D eigenvalue weighted by molar-refractivity contribution is 0.103. The number of ether oxygens (including phenoxy) is 1. The van der Waals surface area contributed by atoms with Crippen LogP contribution in [0.25, 0.3) is 0 Å². The maximum Gasteiger partial charge on any atom is 0.196 e. The Hall–Kier alpha value is -3.42. The molecule has 9 nitrogen and oxygen atoms in total. The van der Waals surface area contributed by atoms with Crippen LogP contribution in [-0.2, 0) is 0 Å². The van der Waals surface area contributed by atoms with Crippen molar-refractivity contribution in [3.05, 3.63) is 52.1 Å². The summed E-state index contributed by atoms with van der Waals surface area (Å²) in [6.45, 7) is 1.81. The van der Waals surface area contributed by atoms with Gasteiger partial charge in [-0.25, -0.2) is 9.51 Å². The molecule has 0 amide bonds. The van der Waals surface area contributed by atoms with E-state index in [1.54, 1.807) is 6.92 Å². The lowest BCUT2D eigenvalue weighted by Crippen LogP contribution is -2.40. The molecule has 0 unspecified atom stereocenters. The van der Waals surface area contributed by atoms with Gasteiger partial charge in [-0.3, -0.25) is 10.2 Å². The third kappa shape index (κ3) is 3.33. The Morgan fingerprint density at radius 1 is 1.48 bits per heavy atom. The van der Waals surface area contributed by atoms with Gasteiger partial charge in [-0.05, 0) is 30.7 Å². The summed E-state index contributed by atoms with van der Waals surface area (Å²) in [6, 6.07) is 5.82. The van der Waals surface area contributed by atoms with Crippen LogP contribution in [0.4, 0.5) is 4.39 Å². The number of aliphatic hydroxyl groups is 1. The van der Waals surface area contributed by atoms with Crippen molar-refractivity contribution in [3.8, 4) is 11.8 Å². The summed E-state index contributed by atoms with van der Waals surface area (Å²) in [5.41, 5.74) is 6.75. The fraction of sp³-hybridized carbons (Fsp3) is 0.235. The SMILES string of the molecule is COc1ccc(C(=O)c2c(C#N)[nH]c(C3=NN(CCO)NN3)c2C)cc1F. The number of benzene rings is 1. The van der Waals surface area contributed by atoms with Crippen LogP contribution in [0.15, 0.2) is 23.3 Å². The summed E-state index contributed by atoms with van der Waals surface area (Å²) in [5.74, 6) is -0.775. The number of hydrazine groups is 2. The smallest absolute Gasteiger partial charge is 0.196 e. The van der Waals surface area contributed by atoms with E-state index in [1.807, 2.05) is 6.07 Å². The monoisotopic (exact) mass is 372 g/mol. The molecule has 27 heavy (non-hydrogen) atoms. The van der Waals surface area contributed by atoms with E-state index in [0.717, 1.165) is 6.07 Å². The topological polar surface area (TPSA) is 126 Å². The summed E-state index contributed by atoms with van der Waals surface area (Å²) in [4.78, 5) is 15.8. The number of H-pyrrole nitrogens is 1. The van der Waals surface area contributed by atoms with Gasteiger partial charge in [0.2, 0.25) is 0 Å². The molecule has 1 aromatic carbocycles. The van der Waals surface area contributed by atoms with Crippen molar-refractivity contribution < 1.29 is 19.0 Å². The van der Waals surface area contributed by atoms with E-state index in [2.05, 4.69) is 21.0 Å². The number of nitriles is 1. The number of hydrogen-bond acceptors (Lipinski definition) is 8. The minimum absolute atomic E-state index is 0.0260. The Kier molecular flexibility index (Phi) is 5.07. The van der Waals surface area contributed by atoms with Crippen LogP contribution >= 0.6 is 0 Å². The van der Waals surface area contributed by atoms with E-state index in [9.17, 15) is 14.4 Å². The van der Waals surface area contributed by atoms with Gasteiger partial charge in [0.15, 0.2) is 23.2 Å². The van der Waals surface area contributed by atoms with Gasteiger partial charge in [-0.1, -0.05) is 0 Å². The number of hydrogen-bond donors (Lipinski definition) is 4. The molecule has 10 heteroatoms. The van der Waals surface area contributed by atoms with E-state index in [4.69, 9.17) is 9.84 Å². The lowest BCUT2D eigenvalue weighted by Gasteiger charge is -2.09. The van der Waals surface area contributed by atoms with Crippen LogP contribution in [0.1, 0.15) is 32.9 Å². The van der Waals surface area contributed by atoms with Gasteiger partial charge in [0.1, 0.15) is 11.8 Å². The average Bonchev–Trinajstić information content (AvgIpc) is 3.25. The highest BCUT2D eigenvalue weighted by Crippen LogP contribution is 2.25. The number of aromatic amines is 1. The molecule has 1 aromatic heterocycles. The predicted molar refractivity (Wildman–Crippen MR) is 93.2 cm³/mol. The van der Waals surface area contributed by atoms with Gasteiger partial charge in [0, 0.05) is 5.56 Å². The van der Waals surface area contributed by atoms with Crippen LogP contribution in [-0.4, -0.2) is 47.1 Å². The highest BCUT2D eigenvalue weighted by Gasteiger charge is 2.26. The number of carbonyl (C=O) groups is 1. The molecule has 2 heterocycles. The summed E-state index contributed by atoms with van der Waals surface area (Å²) >= 11 is 0. The number of aromatic nitrogens is 1. The van der Waals surface area contributed by atoms with E-state index in [-0.39, 0.29) is 35.7 Å².